The average molecular weight is 442 g/mol. The number of nitrogens with zero attached hydrogens (tertiary/aromatic N) is 2. The molecule has 11 heteroatoms. The van der Waals surface area contributed by atoms with Crippen LogP contribution >= 0.6 is 0 Å². The number of aliphatic hydroxyl groups is 2. The highest BCUT2D eigenvalue weighted by atomic mass is 32.2. The van der Waals surface area contributed by atoms with E-state index in [9.17, 15) is 22.7 Å². The van der Waals surface area contributed by atoms with E-state index in [-0.39, 0.29) is 25.4 Å². The van der Waals surface area contributed by atoms with Gasteiger partial charge in [-0.3, -0.25) is 9.08 Å². The molecule has 2 aliphatic heterocycles. The third-order valence-electron chi connectivity index (χ3n) is 4.92. The Balaban J connectivity index is 1.65. The lowest BCUT2D eigenvalue weighted by atomic mass is 9.91. The Morgan fingerprint density at radius 3 is 2.67 bits per heavy atom. The van der Waals surface area contributed by atoms with Crippen LogP contribution in [0.2, 0.25) is 0 Å². The number of hydrogen-bond donors (Lipinski definition) is 2. The van der Waals surface area contributed by atoms with Gasteiger partial charge in [-0.1, -0.05) is 11.8 Å². The van der Waals surface area contributed by atoms with Crippen molar-refractivity contribution in [2.75, 3.05) is 48.9 Å². The summed E-state index contributed by atoms with van der Waals surface area (Å²) >= 11 is 0. The predicted octanol–water partition coefficient (Wildman–Crippen LogP) is 0.454. The molecule has 1 amide bonds. The van der Waals surface area contributed by atoms with Crippen molar-refractivity contribution >= 4 is 27.6 Å². The Morgan fingerprint density at radius 2 is 2.07 bits per heavy atom. The van der Waals surface area contributed by atoms with E-state index in [0.717, 1.165) is 6.26 Å². The zero-order chi connectivity index (χ0) is 21.9. The summed E-state index contributed by atoms with van der Waals surface area (Å²) < 4.78 is 46.7. The maximum absolute atomic E-state index is 14.8. The van der Waals surface area contributed by atoms with Gasteiger partial charge < -0.3 is 19.8 Å². The van der Waals surface area contributed by atoms with Crippen LogP contribution < -0.4 is 9.80 Å². The van der Waals surface area contributed by atoms with Crippen molar-refractivity contribution in [3.8, 4) is 11.8 Å². The molecule has 9 nitrogen and oxygen atoms in total. The number of carbonyl (C=O) groups excluding carboxylic acids is 1. The number of piperidine rings is 1. The molecule has 1 aromatic rings. The number of aliphatic hydroxyl groups excluding tert-OH is 1. The standard InChI is InChI=1S/C19H23FN2O7S/c1-30(26,27)28-13-15-12-22(18(24)29-15)14-3-4-17(16(20)11-14)21-8-6-19(25,7-9-21)5-2-10-23/h3-4,11,15,23,25H,6-10,12-13H2,1H3/t15-/m1/s1. The van der Waals surface area contributed by atoms with Crippen LogP contribution in [0, 0.1) is 17.7 Å². The van der Waals surface area contributed by atoms with Gasteiger partial charge in [0.05, 0.1) is 24.2 Å². The van der Waals surface area contributed by atoms with Crippen LogP contribution in [0.1, 0.15) is 12.8 Å². The number of halogens is 1. The van der Waals surface area contributed by atoms with Crippen molar-refractivity contribution in [1.29, 1.82) is 0 Å². The summed E-state index contributed by atoms with van der Waals surface area (Å²) in [5.74, 6) is 4.56. The monoisotopic (exact) mass is 442 g/mol. The van der Waals surface area contributed by atoms with Crippen LogP contribution in [0.4, 0.5) is 20.6 Å². The van der Waals surface area contributed by atoms with E-state index in [1.54, 1.807) is 17.0 Å². The zero-order valence-electron chi connectivity index (χ0n) is 16.4. The first kappa shape index (κ1) is 22.3. The second-order valence-electron chi connectivity index (χ2n) is 7.22. The van der Waals surface area contributed by atoms with Gasteiger partial charge in [-0.25, -0.2) is 9.18 Å². The van der Waals surface area contributed by atoms with Crippen LogP contribution in [0.25, 0.3) is 0 Å². The van der Waals surface area contributed by atoms with Crippen LogP contribution in [0.5, 0.6) is 0 Å². The van der Waals surface area contributed by atoms with Gasteiger partial charge in [-0.15, -0.1) is 0 Å². The number of cyclic esters (lactones) is 1. The first-order chi connectivity index (χ1) is 14.1. The minimum atomic E-state index is -3.66. The van der Waals surface area contributed by atoms with Crippen LogP contribution in [-0.2, 0) is 19.0 Å². The lowest BCUT2D eigenvalue weighted by Gasteiger charge is -2.36. The van der Waals surface area contributed by atoms with Crippen LogP contribution in [0.3, 0.4) is 0 Å². The van der Waals surface area contributed by atoms with Gasteiger partial charge in [-0.2, -0.15) is 8.42 Å². The number of ether oxygens (including phenoxy) is 1. The van der Waals surface area contributed by atoms with Gasteiger partial charge in [0, 0.05) is 25.9 Å². The van der Waals surface area contributed by atoms with Crippen molar-refractivity contribution in [3.05, 3.63) is 24.0 Å². The number of hydrogen-bond acceptors (Lipinski definition) is 8. The van der Waals surface area contributed by atoms with Gasteiger partial charge in [-0.05, 0) is 18.2 Å². The van der Waals surface area contributed by atoms with E-state index in [1.165, 1.54) is 11.0 Å². The number of amides is 1. The highest BCUT2D eigenvalue weighted by Gasteiger charge is 2.35. The Morgan fingerprint density at radius 1 is 1.37 bits per heavy atom. The molecule has 0 unspecified atom stereocenters. The van der Waals surface area contributed by atoms with E-state index in [1.807, 2.05) is 0 Å². The molecule has 164 valence electrons. The van der Waals surface area contributed by atoms with Gasteiger partial charge in [0.2, 0.25) is 0 Å². The fourth-order valence-corrected chi connectivity index (χ4v) is 3.78. The fraction of sp³-hybridized carbons (Fsp3) is 0.526. The van der Waals surface area contributed by atoms with Crippen molar-refractivity contribution in [1.82, 2.24) is 0 Å². The Kier molecular flexibility index (Phi) is 6.52. The summed E-state index contributed by atoms with van der Waals surface area (Å²) in [5.41, 5.74) is -0.580. The van der Waals surface area contributed by atoms with E-state index in [4.69, 9.17) is 9.84 Å². The largest absolute Gasteiger partial charge is 0.441 e. The van der Waals surface area contributed by atoms with Gasteiger partial charge in [0.15, 0.2) is 0 Å². The van der Waals surface area contributed by atoms with Crippen molar-refractivity contribution < 1.29 is 36.7 Å². The quantitative estimate of drug-likeness (QED) is 0.499. The molecule has 0 saturated carbocycles. The summed E-state index contributed by atoms with van der Waals surface area (Å²) in [6.45, 7) is 0.153. The van der Waals surface area contributed by atoms with Crippen molar-refractivity contribution in [3.63, 3.8) is 0 Å². The summed E-state index contributed by atoms with van der Waals surface area (Å²) in [5, 5.41) is 19.1. The Hall–Kier alpha value is -2.39. The molecule has 3 rings (SSSR count). The predicted molar refractivity (Wildman–Crippen MR) is 106 cm³/mol. The number of anilines is 2. The first-order valence-electron chi connectivity index (χ1n) is 9.30. The highest BCUT2D eigenvalue weighted by molar-refractivity contribution is 7.85. The Bertz CT molecular complexity index is 965. The maximum Gasteiger partial charge on any atom is 0.414 e. The summed E-state index contributed by atoms with van der Waals surface area (Å²) in [4.78, 5) is 15.1. The highest BCUT2D eigenvalue weighted by Crippen LogP contribution is 2.31. The van der Waals surface area contributed by atoms with Gasteiger partial charge >= 0.3 is 6.09 Å². The smallest absolute Gasteiger partial charge is 0.414 e. The van der Waals surface area contributed by atoms with Gasteiger partial charge in [0.1, 0.15) is 30.7 Å². The van der Waals surface area contributed by atoms with Crippen molar-refractivity contribution in [2.24, 2.45) is 0 Å². The maximum atomic E-state index is 14.8. The molecule has 2 saturated heterocycles. The molecular weight excluding hydrogens is 419 g/mol. The first-order valence-corrected chi connectivity index (χ1v) is 11.1. The van der Waals surface area contributed by atoms with Crippen molar-refractivity contribution in [2.45, 2.75) is 24.5 Å². The minimum Gasteiger partial charge on any atom is -0.441 e. The number of carbonyl (C=O) groups is 1. The zero-order valence-corrected chi connectivity index (χ0v) is 17.2. The fourth-order valence-electron chi connectivity index (χ4n) is 3.39. The van der Waals surface area contributed by atoms with E-state index >= 15 is 0 Å². The van der Waals surface area contributed by atoms with Crippen LogP contribution in [0.15, 0.2) is 18.2 Å². The Labute approximate surface area is 174 Å². The van der Waals surface area contributed by atoms with E-state index < -0.39 is 33.7 Å². The molecule has 30 heavy (non-hydrogen) atoms. The second-order valence-corrected chi connectivity index (χ2v) is 8.86. The molecule has 1 atom stereocenters. The molecule has 2 aliphatic rings. The molecule has 0 radical (unpaired) electrons. The molecule has 0 aromatic heterocycles. The van der Waals surface area contributed by atoms with Gasteiger partial charge in [0.25, 0.3) is 10.1 Å². The molecule has 1 aromatic carbocycles. The molecule has 0 spiro atoms. The molecule has 0 aliphatic carbocycles. The summed E-state index contributed by atoms with van der Waals surface area (Å²) in [7, 11) is -3.66. The average Bonchev–Trinajstić information content (AvgIpc) is 3.06. The third kappa shape index (κ3) is 5.40. The lowest BCUT2D eigenvalue weighted by Crippen LogP contribution is -2.44. The number of rotatable bonds is 5. The van der Waals surface area contributed by atoms with E-state index in [2.05, 4.69) is 16.0 Å². The second kappa shape index (κ2) is 8.77. The van der Waals surface area contributed by atoms with Crippen LogP contribution in [-0.4, -0.2) is 75.5 Å². The normalized spacial score (nSPS) is 21.2. The SMILES string of the molecule is CS(=O)(=O)OC[C@H]1CN(c2ccc(N3CCC(O)(C#CCO)CC3)c(F)c2)C(=O)O1. The molecular formula is C19H23FN2O7S. The summed E-state index contributed by atoms with van der Waals surface area (Å²) in [6.07, 6.45) is 0.0177. The minimum absolute atomic E-state index is 0.0351. The summed E-state index contributed by atoms with van der Waals surface area (Å²) in [6, 6.07) is 4.33. The topological polar surface area (TPSA) is 117 Å². The molecule has 2 fully saturated rings. The lowest BCUT2D eigenvalue weighted by molar-refractivity contribution is 0.0742. The van der Waals surface area contributed by atoms with E-state index in [0.29, 0.717) is 31.6 Å². The molecule has 0 bridgehead atoms. The third-order valence-corrected chi connectivity index (χ3v) is 5.48. The molecule has 2 heterocycles. The number of benzene rings is 1. The molecule has 2 N–H and O–H groups in total.